The van der Waals surface area contributed by atoms with Crippen LogP contribution in [0, 0.1) is 5.41 Å². The average molecular weight is 199 g/mol. The third-order valence-electron chi connectivity index (χ3n) is 1.64. The van der Waals surface area contributed by atoms with Crippen LogP contribution in [-0.4, -0.2) is 16.7 Å². The van der Waals surface area contributed by atoms with E-state index in [0.717, 1.165) is 12.8 Å². The van der Waals surface area contributed by atoms with E-state index in [1.54, 1.807) is 11.3 Å². The molecule has 74 valence electrons. The molecule has 0 aliphatic carbocycles. The SMILES string of the molecule is CC(C)(C)Cc1ncc(CCO)s1. The van der Waals surface area contributed by atoms with Crippen LogP contribution in [0.15, 0.2) is 6.20 Å². The Morgan fingerprint density at radius 3 is 2.69 bits per heavy atom. The maximum absolute atomic E-state index is 8.74. The summed E-state index contributed by atoms with van der Waals surface area (Å²) in [6.45, 7) is 6.84. The lowest BCUT2D eigenvalue weighted by atomic mass is 9.93. The number of nitrogens with zero attached hydrogens (tertiary/aromatic N) is 1. The highest BCUT2D eigenvalue weighted by atomic mass is 32.1. The molecule has 0 bridgehead atoms. The van der Waals surface area contributed by atoms with Crippen molar-refractivity contribution in [2.75, 3.05) is 6.61 Å². The summed E-state index contributed by atoms with van der Waals surface area (Å²) < 4.78 is 0. The monoisotopic (exact) mass is 199 g/mol. The number of hydrogen-bond donors (Lipinski definition) is 1. The Bertz CT molecular complexity index is 262. The van der Waals surface area contributed by atoms with Gasteiger partial charge in [-0.3, -0.25) is 0 Å². The minimum Gasteiger partial charge on any atom is -0.396 e. The first-order chi connectivity index (χ1) is 6.01. The van der Waals surface area contributed by atoms with Gasteiger partial charge >= 0.3 is 0 Å². The molecule has 0 fully saturated rings. The number of aliphatic hydroxyl groups excluding tert-OH is 1. The lowest BCUT2D eigenvalue weighted by molar-refractivity contribution is 0.300. The van der Waals surface area contributed by atoms with Crippen LogP contribution in [-0.2, 0) is 12.8 Å². The lowest BCUT2D eigenvalue weighted by Gasteiger charge is -2.15. The Kier molecular flexibility index (Phi) is 3.45. The molecule has 2 nitrogen and oxygen atoms in total. The first-order valence-electron chi connectivity index (χ1n) is 4.56. The molecule has 1 aromatic heterocycles. The minimum absolute atomic E-state index is 0.219. The average Bonchev–Trinajstić information content (AvgIpc) is 2.33. The molecule has 0 unspecified atom stereocenters. The fourth-order valence-electron chi connectivity index (χ4n) is 1.11. The van der Waals surface area contributed by atoms with Gasteiger partial charge in [0.05, 0.1) is 5.01 Å². The van der Waals surface area contributed by atoms with Gasteiger partial charge in [-0.25, -0.2) is 4.98 Å². The van der Waals surface area contributed by atoms with Crippen LogP contribution >= 0.6 is 11.3 Å². The van der Waals surface area contributed by atoms with Crippen molar-refractivity contribution in [1.29, 1.82) is 0 Å². The molecule has 1 rings (SSSR count). The van der Waals surface area contributed by atoms with Crippen molar-refractivity contribution in [2.45, 2.75) is 33.6 Å². The van der Waals surface area contributed by atoms with Gasteiger partial charge in [0.1, 0.15) is 0 Å². The molecular weight excluding hydrogens is 182 g/mol. The van der Waals surface area contributed by atoms with Gasteiger partial charge in [0.25, 0.3) is 0 Å². The van der Waals surface area contributed by atoms with Gasteiger partial charge in [-0.05, 0) is 5.41 Å². The van der Waals surface area contributed by atoms with Crippen molar-refractivity contribution in [3.63, 3.8) is 0 Å². The smallest absolute Gasteiger partial charge is 0.0932 e. The molecule has 3 heteroatoms. The molecule has 0 aliphatic heterocycles. The first-order valence-corrected chi connectivity index (χ1v) is 5.37. The Labute approximate surface area is 83.6 Å². The molecule has 0 radical (unpaired) electrons. The molecule has 0 aliphatic rings. The van der Waals surface area contributed by atoms with E-state index in [1.807, 2.05) is 6.20 Å². The van der Waals surface area contributed by atoms with Crippen molar-refractivity contribution in [2.24, 2.45) is 5.41 Å². The molecule has 0 aromatic carbocycles. The van der Waals surface area contributed by atoms with Gasteiger partial charge in [0.2, 0.25) is 0 Å². The Morgan fingerprint density at radius 2 is 2.15 bits per heavy atom. The summed E-state index contributed by atoms with van der Waals surface area (Å²) in [5, 5.41) is 9.92. The van der Waals surface area contributed by atoms with Gasteiger partial charge in [-0.15, -0.1) is 11.3 Å². The van der Waals surface area contributed by atoms with E-state index in [9.17, 15) is 0 Å². The van der Waals surface area contributed by atoms with E-state index in [-0.39, 0.29) is 6.61 Å². The van der Waals surface area contributed by atoms with Crippen molar-refractivity contribution in [3.05, 3.63) is 16.1 Å². The summed E-state index contributed by atoms with van der Waals surface area (Å²) in [6, 6.07) is 0. The quantitative estimate of drug-likeness (QED) is 0.810. The summed E-state index contributed by atoms with van der Waals surface area (Å²) in [5.41, 5.74) is 0.300. The van der Waals surface area contributed by atoms with E-state index in [1.165, 1.54) is 9.88 Å². The second-order valence-electron chi connectivity index (χ2n) is 4.43. The lowest BCUT2D eigenvalue weighted by Crippen LogP contribution is -2.08. The zero-order chi connectivity index (χ0) is 9.90. The third-order valence-corrected chi connectivity index (χ3v) is 2.70. The Hall–Kier alpha value is -0.410. The van der Waals surface area contributed by atoms with E-state index < -0.39 is 0 Å². The minimum atomic E-state index is 0.219. The number of aliphatic hydroxyl groups is 1. The van der Waals surface area contributed by atoms with Crippen LogP contribution in [0.5, 0.6) is 0 Å². The van der Waals surface area contributed by atoms with Gasteiger partial charge < -0.3 is 5.11 Å². The largest absolute Gasteiger partial charge is 0.396 e. The molecule has 0 saturated heterocycles. The third kappa shape index (κ3) is 3.87. The van der Waals surface area contributed by atoms with E-state index in [2.05, 4.69) is 25.8 Å². The highest BCUT2D eigenvalue weighted by Crippen LogP contribution is 2.23. The molecule has 1 aromatic rings. The van der Waals surface area contributed by atoms with E-state index in [0.29, 0.717) is 5.41 Å². The summed E-state index contributed by atoms with van der Waals surface area (Å²) >= 11 is 1.71. The van der Waals surface area contributed by atoms with Crippen molar-refractivity contribution in [1.82, 2.24) is 4.98 Å². The molecule has 0 saturated carbocycles. The van der Waals surface area contributed by atoms with Crippen LogP contribution in [0.4, 0.5) is 0 Å². The van der Waals surface area contributed by atoms with Crippen molar-refractivity contribution in [3.8, 4) is 0 Å². The molecule has 13 heavy (non-hydrogen) atoms. The predicted molar refractivity (Wildman–Crippen MR) is 56.1 cm³/mol. The number of aromatic nitrogens is 1. The topological polar surface area (TPSA) is 33.1 Å². The predicted octanol–water partition coefficient (Wildman–Crippen LogP) is 2.27. The van der Waals surface area contributed by atoms with Gasteiger partial charge in [-0.2, -0.15) is 0 Å². The Balaban J connectivity index is 2.59. The van der Waals surface area contributed by atoms with E-state index >= 15 is 0 Å². The molecule has 1 heterocycles. The van der Waals surface area contributed by atoms with E-state index in [4.69, 9.17) is 5.11 Å². The summed E-state index contributed by atoms with van der Waals surface area (Å²) in [4.78, 5) is 5.51. The standard InChI is InChI=1S/C10H17NOS/c1-10(2,3)6-9-11-7-8(13-9)4-5-12/h7,12H,4-6H2,1-3H3. The molecule has 1 N–H and O–H groups in total. The van der Waals surface area contributed by atoms with Crippen LogP contribution in [0.2, 0.25) is 0 Å². The fraction of sp³-hybridized carbons (Fsp3) is 0.700. The number of thiazole rings is 1. The molecular formula is C10H17NOS. The van der Waals surface area contributed by atoms with Crippen LogP contribution in [0.1, 0.15) is 30.7 Å². The van der Waals surface area contributed by atoms with Gasteiger partial charge in [0.15, 0.2) is 0 Å². The van der Waals surface area contributed by atoms with Gasteiger partial charge in [-0.1, -0.05) is 20.8 Å². The summed E-state index contributed by atoms with van der Waals surface area (Å²) in [6.07, 6.45) is 3.63. The normalized spacial score (nSPS) is 12.0. The second kappa shape index (κ2) is 4.20. The summed E-state index contributed by atoms with van der Waals surface area (Å²) in [7, 11) is 0. The molecule has 0 amide bonds. The maximum atomic E-state index is 8.74. The van der Waals surface area contributed by atoms with Gasteiger partial charge in [0, 0.05) is 30.5 Å². The van der Waals surface area contributed by atoms with Crippen LogP contribution in [0.3, 0.4) is 0 Å². The van der Waals surface area contributed by atoms with Crippen molar-refractivity contribution >= 4 is 11.3 Å². The zero-order valence-corrected chi connectivity index (χ0v) is 9.32. The highest BCUT2D eigenvalue weighted by Gasteiger charge is 2.13. The van der Waals surface area contributed by atoms with Crippen LogP contribution in [0.25, 0.3) is 0 Å². The zero-order valence-electron chi connectivity index (χ0n) is 8.50. The highest BCUT2D eigenvalue weighted by molar-refractivity contribution is 7.11. The first kappa shape index (κ1) is 10.7. The van der Waals surface area contributed by atoms with Crippen molar-refractivity contribution < 1.29 is 5.11 Å². The fourth-order valence-corrected chi connectivity index (χ4v) is 2.32. The maximum Gasteiger partial charge on any atom is 0.0932 e. The number of rotatable bonds is 3. The van der Waals surface area contributed by atoms with Crippen LogP contribution < -0.4 is 0 Å². The summed E-state index contributed by atoms with van der Waals surface area (Å²) in [5.74, 6) is 0. The second-order valence-corrected chi connectivity index (χ2v) is 5.63. The molecule has 0 spiro atoms. The molecule has 0 atom stereocenters. The Morgan fingerprint density at radius 1 is 1.46 bits per heavy atom. The number of hydrogen-bond acceptors (Lipinski definition) is 3.